The van der Waals surface area contributed by atoms with Gasteiger partial charge < -0.3 is 0 Å². The molecule has 1 aliphatic heterocycles. The van der Waals surface area contributed by atoms with Gasteiger partial charge in [0.15, 0.2) is 0 Å². The van der Waals surface area contributed by atoms with Crippen LogP contribution in [0, 0.1) is 17.8 Å². The molecule has 1 heteroatoms. The predicted octanol–water partition coefficient (Wildman–Crippen LogP) is 2.52. The van der Waals surface area contributed by atoms with Gasteiger partial charge in [-0.3, -0.25) is 4.90 Å². The highest BCUT2D eigenvalue weighted by Crippen LogP contribution is 2.43. The quantitative estimate of drug-likeness (QED) is 0.629. The van der Waals surface area contributed by atoms with Crippen molar-refractivity contribution in [1.29, 1.82) is 0 Å². The summed E-state index contributed by atoms with van der Waals surface area (Å²) in [6, 6.07) is 1.02. The van der Waals surface area contributed by atoms with Gasteiger partial charge in [-0.1, -0.05) is 19.8 Å². The minimum atomic E-state index is 1.02. The molecule has 1 nitrogen and oxygen atoms in total. The fourth-order valence-electron chi connectivity index (χ4n) is 3.34. The smallest absolute Gasteiger partial charge is 0.0136 e. The average molecular weight is 179 g/mol. The summed E-state index contributed by atoms with van der Waals surface area (Å²) in [7, 11) is 0. The van der Waals surface area contributed by atoms with Crippen LogP contribution in [0.3, 0.4) is 0 Å². The lowest BCUT2D eigenvalue weighted by molar-refractivity contribution is -0.0181. The molecule has 74 valence electrons. The van der Waals surface area contributed by atoms with Gasteiger partial charge in [0.05, 0.1) is 0 Å². The third kappa shape index (κ3) is 1.41. The van der Waals surface area contributed by atoms with Crippen LogP contribution in [-0.4, -0.2) is 24.0 Å². The van der Waals surface area contributed by atoms with Crippen LogP contribution in [0.1, 0.15) is 39.0 Å². The predicted molar refractivity (Wildman–Crippen MR) is 54.6 cm³/mol. The first-order valence-corrected chi connectivity index (χ1v) is 6.08. The van der Waals surface area contributed by atoms with Crippen LogP contribution >= 0.6 is 0 Å². The Kier molecular flexibility index (Phi) is 1.90. The van der Waals surface area contributed by atoms with Crippen molar-refractivity contribution in [2.75, 3.05) is 13.1 Å². The number of likely N-dealkylation sites (tertiary alicyclic amines) is 1. The SMILES string of the molecule is CC1CC1CN1CC2CCCCC21. The third-order valence-corrected chi connectivity index (χ3v) is 4.55. The minimum Gasteiger partial charge on any atom is -0.299 e. The van der Waals surface area contributed by atoms with Crippen molar-refractivity contribution in [3.05, 3.63) is 0 Å². The normalized spacial score (nSPS) is 49.6. The van der Waals surface area contributed by atoms with E-state index in [0.717, 1.165) is 23.8 Å². The Balaban J connectivity index is 1.51. The molecule has 2 saturated carbocycles. The van der Waals surface area contributed by atoms with Gasteiger partial charge in [-0.05, 0) is 37.0 Å². The number of rotatable bonds is 2. The molecule has 2 aliphatic carbocycles. The minimum absolute atomic E-state index is 1.02. The summed E-state index contributed by atoms with van der Waals surface area (Å²) in [6.07, 6.45) is 7.55. The average Bonchev–Trinajstić information content (AvgIpc) is 2.78. The summed E-state index contributed by atoms with van der Waals surface area (Å²) in [5.41, 5.74) is 0. The molecule has 0 aromatic heterocycles. The van der Waals surface area contributed by atoms with E-state index in [0.29, 0.717) is 0 Å². The molecule has 4 unspecified atom stereocenters. The van der Waals surface area contributed by atoms with Gasteiger partial charge in [-0.15, -0.1) is 0 Å². The highest BCUT2D eigenvalue weighted by molar-refractivity contribution is 4.97. The second-order valence-electron chi connectivity index (χ2n) is 5.54. The summed E-state index contributed by atoms with van der Waals surface area (Å²) in [4.78, 5) is 2.78. The fourth-order valence-corrected chi connectivity index (χ4v) is 3.34. The van der Waals surface area contributed by atoms with E-state index >= 15 is 0 Å². The summed E-state index contributed by atoms with van der Waals surface area (Å²) >= 11 is 0. The lowest BCUT2D eigenvalue weighted by atomic mass is 9.77. The molecule has 0 amide bonds. The monoisotopic (exact) mass is 179 g/mol. The van der Waals surface area contributed by atoms with Gasteiger partial charge in [0.2, 0.25) is 0 Å². The van der Waals surface area contributed by atoms with Crippen LogP contribution in [0.5, 0.6) is 0 Å². The largest absolute Gasteiger partial charge is 0.299 e. The number of hydrogen-bond acceptors (Lipinski definition) is 1. The first kappa shape index (κ1) is 8.28. The van der Waals surface area contributed by atoms with Crippen LogP contribution < -0.4 is 0 Å². The summed E-state index contributed by atoms with van der Waals surface area (Å²) in [5, 5.41) is 0. The molecule has 0 spiro atoms. The molecular weight excluding hydrogens is 158 g/mol. The van der Waals surface area contributed by atoms with E-state index in [1.54, 1.807) is 0 Å². The van der Waals surface area contributed by atoms with Crippen LogP contribution in [0.25, 0.3) is 0 Å². The van der Waals surface area contributed by atoms with Gasteiger partial charge in [0.1, 0.15) is 0 Å². The maximum atomic E-state index is 2.78. The number of fused-ring (bicyclic) bond motifs is 1. The molecule has 1 saturated heterocycles. The maximum Gasteiger partial charge on any atom is 0.0136 e. The van der Waals surface area contributed by atoms with Crippen LogP contribution in [-0.2, 0) is 0 Å². The highest BCUT2D eigenvalue weighted by Gasteiger charge is 2.43. The van der Waals surface area contributed by atoms with E-state index in [-0.39, 0.29) is 0 Å². The first-order chi connectivity index (χ1) is 6.34. The fraction of sp³-hybridized carbons (Fsp3) is 1.00. The summed E-state index contributed by atoms with van der Waals surface area (Å²) in [5.74, 6) is 3.22. The molecule has 0 aromatic carbocycles. The molecule has 13 heavy (non-hydrogen) atoms. The number of nitrogens with zero attached hydrogens (tertiary/aromatic N) is 1. The Morgan fingerprint density at radius 3 is 2.69 bits per heavy atom. The van der Waals surface area contributed by atoms with E-state index in [2.05, 4.69) is 11.8 Å². The summed E-state index contributed by atoms with van der Waals surface area (Å²) < 4.78 is 0. The van der Waals surface area contributed by atoms with Crippen LogP contribution in [0.2, 0.25) is 0 Å². The maximum absolute atomic E-state index is 2.78. The van der Waals surface area contributed by atoms with Crippen LogP contribution in [0.4, 0.5) is 0 Å². The Labute approximate surface area is 81.5 Å². The topological polar surface area (TPSA) is 3.24 Å². The molecule has 3 aliphatic rings. The van der Waals surface area contributed by atoms with Crippen molar-refractivity contribution in [1.82, 2.24) is 4.90 Å². The Hall–Kier alpha value is -0.0400. The second kappa shape index (κ2) is 2.98. The molecule has 0 aromatic rings. The van der Waals surface area contributed by atoms with E-state index in [1.807, 2.05) is 0 Å². The lowest BCUT2D eigenvalue weighted by Crippen LogP contribution is -2.57. The van der Waals surface area contributed by atoms with Gasteiger partial charge in [0.25, 0.3) is 0 Å². The standard InChI is InChI=1S/C12H21N/c1-9-6-11(9)8-13-7-10-4-2-3-5-12(10)13/h9-12H,2-8H2,1H3. The molecule has 0 radical (unpaired) electrons. The zero-order valence-corrected chi connectivity index (χ0v) is 8.71. The molecular formula is C12H21N. The molecule has 0 bridgehead atoms. The van der Waals surface area contributed by atoms with Gasteiger partial charge in [0, 0.05) is 19.1 Å². The first-order valence-electron chi connectivity index (χ1n) is 6.08. The highest BCUT2D eigenvalue weighted by atomic mass is 15.2. The Morgan fingerprint density at radius 2 is 2.00 bits per heavy atom. The van der Waals surface area contributed by atoms with Crippen molar-refractivity contribution in [2.45, 2.75) is 45.1 Å². The van der Waals surface area contributed by atoms with Crippen molar-refractivity contribution < 1.29 is 0 Å². The van der Waals surface area contributed by atoms with Crippen molar-refractivity contribution in [3.8, 4) is 0 Å². The molecule has 1 heterocycles. The van der Waals surface area contributed by atoms with E-state index in [1.165, 1.54) is 45.2 Å². The van der Waals surface area contributed by atoms with Crippen molar-refractivity contribution >= 4 is 0 Å². The molecule has 3 fully saturated rings. The van der Waals surface area contributed by atoms with Crippen LogP contribution in [0.15, 0.2) is 0 Å². The third-order valence-electron chi connectivity index (χ3n) is 4.55. The Bertz CT molecular complexity index is 201. The van der Waals surface area contributed by atoms with E-state index < -0.39 is 0 Å². The van der Waals surface area contributed by atoms with Gasteiger partial charge in [-0.2, -0.15) is 0 Å². The van der Waals surface area contributed by atoms with Gasteiger partial charge >= 0.3 is 0 Å². The molecule has 0 N–H and O–H groups in total. The molecule has 4 atom stereocenters. The molecule has 3 rings (SSSR count). The summed E-state index contributed by atoms with van der Waals surface area (Å²) in [6.45, 7) is 5.28. The van der Waals surface area contributed by atoms with E-state index in [9.17, 15) is 0 Å². The Morgan fingerprint density at radius 1 is 1.23 bits per heavy atom. The van der Waals surface area contributed by atoms with Gasteiger partial charge in [-0.25, -0.2) is 0 Å². The van der Waals surface area contributed by atoms with E-state index in [4.69, 9.17) is 0 Å². The lowest BCUT2D eigenvalue weighted by Gasteiger charge is -2.51. The zero-order chi connectivity index (χ0) is 8.84. The van der Waals surface area contributed by atoms with Crippen molar-refractivity contribution in [3.63, 3.8) is 0 Å². The van der Waals surface area contributed by atoms with Crippen molar-refractivity contribution in [2.24, 2.45) is 17.8 Å². The number of hydrogen-bond donors (Lipinski definition) is 0. The zero-order valence-electron chi connectivity index (χ0n) is 8.71. The second-order valence-corrected chi connectivity index (χ2v) is 5.54.